The van der Waals surface area contributed by atoms with Crippen LogP contribution in [-0.4, -0.2) is 37.1 Å². The fraction of sp³-hybridized carbons (Fsp3) is 0.235. The van der Waals surface area contributed by atoms with E-state index < -0.39 is 0 Å². The third-order valence-electron chi connectivity index (χ3n) is 3.07. The van der Waals surface area contributed by atoms with Gasteiger partial charge in [-0.05, 0) is 30.3 Å². The number of nitrogens with zero attached hydrogens (tertiary/aromatic N) is 1. The molecule has 0 radical (unpaired) electrons. The summed E-state index contributed by atoms with van der Waals surface area (Å²) >= 11 is 0. The molecular weight excluding hydrogens is 308 g/mol. The highest BCUT2D eigenvalue weighted by molar-refractivity contribution is 6.03. The lowest BCUT2D eigenvalue weighted by Gasteiger charge is -2.09. The molecule has 0 aliphatic carbocycles. The van der Waals surface area contributed by atoms with Crippen LogP contribution < -0.4 is 16.0 Å². The number of ether oxygens (including phenoxy) is 1. The molecule has 0 unspecified atom stereocenters. The molecule has 0 fully saturated rings. The molecule has 0 saturated carbocycles. The summed E-state index contributed by atoms with van der Waals surface area (Å²) in [5, 5.41) is 8.57. The maximum atomic E-state index is 12.3. The van der Waals surface area contributed by atoms with Crippen LogP contribution in [-0.2, 0) is 9.53 Å². The van der Waals surface area contributed by atoms with Crippen molar-refractivity contribution < 1.29 is 14.3 Å². The number of carbonyl (C=O) groups excluding carboxylic acids is 2. The van der Waals surface area contributed by atoms with Crippen LogP contribution in [0, 0.1) is 0 Å². The van der Waals surface area contributed by atoms with E-state index in [-0.39, 0.29) is 11.8 Å². The van der Waals surface area contributed by atoms with E-state index >= 15 is 0 Å². The number of hydrogen-bond donors (Lipinski definition) is 3. The van der Waals surface area contributed by atoms with E-state index in [2.05, 4.69) is 20.9 Å². The molecule has 7 heteroatoms. The first-order chi connectivity index (χ1) is 11.6. The van der Waals surface area contributed by atoms with Gasteiger partial charge in [0, 0.05) is 43.8 Å². The van der Waals surface area contributed by atoms with Crippen LogP contribution in [0.5, 0.6) is 0 Å². The van der Waals surface area contributed by atoms with Crippen molar-refractivity contribution in [2.24, 2.45) is 0 Å². The molecular formula is C17H20N4O3. The first kappa shape index (κ1) is 17.4. The molecule has 0 aliphatic rings. The number of hydrogen-bond acceptors (Lipinski definition) is 5. The smallest absolute Gasteiger partial charge is 0.274 e. The summed E-state index contributed by atoms with van der Waals surface area (Å²) in [4.78, 5) is 27.5. The molecule has 2 rings (SSSR count). The number of pyridine rings is 1. The van der Waals surface area contributed by atoms with Gasteiger partial charge >= 0.3 is 0 Å². The van der Waals surface area contributed by atoms with E-state index in [1.165, 1.54) is 6.92 Å². The minimum atomic E-state index is -0.328. The molecule has 0 bridgehead atoms. The third kappa shape index (κ3) is 5.36. The highest BCUT2D eigenvalue weighted by Crippen LogP contribution is 2.16. The summed E-state index contributed by atoms with van der Waals surface area (Å²) in [5.41, 5.74) is 2.27. The van der Waals surface area contributed by atoms with Crippen molar-refractivity contribution in [1.29, 1.82) is 0 Å². The van der Waals surface area contributed by atoms with E-state index in [4.69, 9.17) is 4.74 Å². The minimum absolute atomic E-state index is 0.171. The quantitative estimate of drug-likeness (QED) is 0.679. The molecule has 24 heavy (non-hydrogen) atoms. The maximum Gasteiger partial charge on any atom is 0.274 e. The lowest BCUT2D eigenvalue weighted by molar-refractivity contribution is -0.114. The Morgan fingerprint density at radius 2 is 1.83 bits per heavy atom. The van der Waals surface area contributed by atoms with Crippen molar-refractivity contribution in [3.05, 3.63) is 48.3 Å². The van der Waals surface area contributed by atoms with Gasteiger partial charge in [-0.2, -0.15) is 0 Å². The zero-order valence-electron chi connectivity index (χ0n) is 13.6. The van der Waals surface area contributed by atoms with Gasteiger partial charge in [-0.15, -0.1) is 0 Å². The molecule has 7 nitrogen and oxygen atoms in total. The van der Waals surface area contributed by atoms with Gasteiger partial charge in [-0.1, -0.05) is 6.07 Å². The normalized spacial score (nSPS) is 10.1. The van der Waals surface area contributed by atoms with E-state index in [1.807, 2.05) is 0 Å². The average molecular weight is 328 g/mol. The van der Waals surface area contributed by atoms with Crippen molar-refractivity contribution in [3.63, 3.8) is 0 Å². The molecule has 2 amide bonds. The van der Waals surface area contributed by atoms with Crippen molar-refractivity contribution in [3.8, 4) is 0 Å². The molecule has 1 aromatic carbocycles. The Labute approximate surface area is 140 Å². The largest absolute Gasteiger partial charge is 0.383 e. The van der Waals surface area contributed by atoms with E-state index in [1.54, 1.807) is 49.7 Å². The number of rotatable bonds is 7. The fourth-order valence-corrected chi connectivity index (χ4v) is 2.04. The van der Waals surface area contributed by atoms with Crippen LogP contribution in [0.25, 0.3) is 0 Å². The van der Waals surface area contributed by atoms with Crippen molar-refractivity contribution in [2.75, 3.05) is 36.2 Å². The topological polar surface area (TPSA) is 92.3 Å². The van der Waals surface area contributed by atoms with Gasteiger partial charge < -0.3 is 20.7 Å². The van der Waals surface area contributed by atoms with Gasteiger partial charge in [0.05, 0.1) is 6.61 Å². The molecule has 1 aromatic heterocycles. The second kappa shape index (κ2) is 8.64. The van der Waals surface area contributed by atoms with Gasteiger partial charge in [-0.25, -0.2) is 0 Å². The summed E-state index contributed by atoms with van der Waals surface area (Å²) in [5.74, 6) is -0.500. The van der Waals surface area contributed by atoms with E-state index in [0.717, 1.165) is 5.69 Å². The van der Waals surface area contributed by atoms with Crippen LogP contribution in [0.1, 0.15) is 17.4 Å². The van der Waals surface area contributed by atoms with Gasteiger partial charge in [-0.3, -0.25) is 14.6 Å². The molecule has 0 saturated heterocycles. The van der Waals surface area contributed by atoms with Crippen LogP contribution in [0.3, 0.4) is 0 Å². The van der Waals surface area contributed by atoms with Crippen LogP contribution in [0.2, 0.25) is 0 Å². The molecule has 126 valence electrons. The number of aromatic nitrogens is 1. The summed E-state index contributed by atoms with van der Waals surface area (Å²) in [7, 11) is 1.63. The second-order valence-corrected chi connectivity index (χ2v) is 5.07. The fourth-order valence-electron chi connectivity index (χ4n) is 2.04. The zero-order valence-corrected chi connectivity index (χ0v) is 13.6. The average Bonchev–Trinajstić information content (AvgIpc) is 2.55. The number of amides is 2. The third-order valence-corrected chi connectivity index (χ3v) is 3.07. The van der Waals surface area contributed by atoms with Gasteiger partial charge in [0.25, 0.3) is 5.91 Å². The number of benzene rings is 1. The van der Waals surface area contributed by atoms with Crippen molar-refractivity contribution in [2.45, 2.75) is 6.92 Å². The first-order valence-corrected chi connectivity index (χ1v) is 7.46. The van der Waals surface area contributed by atoms with Crippen LogP contribution >= 0.6 is 0 Å². The first-order valence-electron chi connectivity index (χ1n) is 7.46. The van der Waals surface area contributed by atoms with Crippen molar-refractivity contribution in [1.82, 2.24) is 4.98 Å². The molecule has 0 atom stereocenters. The Kier molecular flexibility index (Phi) is 6.27. The summed E-state index contributed by atoms with van der Waals surface area (Å²) in [6.07, 6.45) is 1.57. The summed E-state index contributed by atoms with van der Waals surface area (Å²) < 4.78 is 4.97. The SMILES string of the molecule is COCCNc1ccnc(C(=O)Nc2cccc(NC(C)=O)c2)c1. The van der Waals surface area contributed by atoms with Gasteiger partial charge in [0.2, 0.25) is 5.91 Å². The highest BCUT2D eigenvalue weighted by Gasteiger charge is 2.09. The highest BCUT2D eigenvalue weighted by atomic mass is 16.5. The molecule has 3 N–H and O–H groups in total. The number of methoxy groups -OCH3 is 1. The zero-order chi connectivity index (χ0) is 17.4. The second-order valence-electron chi connectivity index (χ2n) is 5.07. The lowest BCUT2D eigenvalue weighted by atomic mass is 10.2. The Morgan fingerprint density at radius 1 is 1.08 bits per heavy atom. The predicted molar refractivity (Wildman–Crippen MR) is 93.3 cm³/mol. The van der Waals surface area contributed by atoms with Gasteiger partial charge in [0.15, 0.2) is 0 Å². The predicted octanol–water partition coefficient (Wildman–Crippen LogP) is 2.35. The van der Waals surface area contributed by atoms with Crippen molar-refractivity contribution >= 4 is 28.9 Å². The van der Waals surface area contributed by atoms with Gasteiger partial charge in [0.1, 0.15) is 5.69 Å². The Hall–Kier alpha value is -2.93. The summed E-state index contributed by atoms with van der Waals surface area (Å²) in [6.45, 7) is 2.64. The number of nitrogens with one attached hydrogen (secondary N) is 3. The minimum Gasteiger partial charge on any atom is -0.383 e. The lowest BCUT2D eigenvalue weighted by Crippen LogP contribution is -2.15. The summed E-state index contributed by atoms with van der Waals surface area (Å²) in [6, 6.07) is 10.4. The standard InChI is InChI=1S/C17H20N4O3/c1-12(22)20-14-4-3-5-15(10-14)21-17(23)16-11-13(6-7-19-16)18-8-9-24-2/h3-7,10-11H,8-9H2,1-2H3,(H,18,19)(H,20,22)(H,21,23). The molecule has 0 aliphatic heterocycles. The Balaban J connectivity index is 2.04. The molecule has 2 aromatic rings. The molecule has 1 heterocycles. The maximum absolute atomic E-state index is 12.3. The number of anilines is 3. The number of carbonyl (C=O) groups is 2. The van der Waals surface area contributed by atoms with Crippen LogP contribution in [0.4, 0.5) is 17.1 Å². The van der Waals surface area contributed by atoms with Crippen LogP contribution in [0.15, 0.2) is 42.6 Å². The Bertz CT molecular complexity index is 718. The van der Waals surface area contributed by atoms with E-state index in [0.29, 0.717) is 30.2 Å². The monoisotopic (exact) mass is 328 g/mol. The Morgan fingerprint density at radius 3 is 2.54 bits per heavy atom. The molecule has 0 spiro atoms. The van der Waals surface area contributed by atoms with E-state index in [9.17, 15) is 9.59 Å².